The van der Waals surface area contributed by atoms with Gasteiger partial charge in [-0.25, -0.2) is 0 Å². The maximum absolute atomic E-state index is 12.2. The number of rotatable bonds is 6. The van der Waals surface area contributed by atoms with Gasteiger partial charge in [0.2, 0.25) is 11.8 Å². The van der Waals surface area contributed by atoms with Crippen molar-refractivity contribution in [3.05, 3.63) is 24.3 Å². The molecule has 0 aliphatic carbocycles. The van der Waals surface area contributed by atoms with E-state index in [-0.39, 0.29) is 18.4 Å². The van der Waals surface area contributed by atoms with Crippen molar-refractivity contribution in [2.45, 2.75) is 19.9 Å². The van der Waals surface area contributed by atoms with E-state index in [4.69, 9.17) is 5.73 Å². The van der Waals surface area contributed by atoms with Crippen LogP contribution in [-0.2, 0) is 9.59 Å². The summed E-state index contributed by atoms with van der Waals surface area (Å²) in [4.78, 5) is 25.4. The van der Waals surface area contributed by atoms with Gasteiger partial charge < -0.3 is 16.4 Å². The maximum Gasteiger partial charge on any atom is 0.241 e. The van der Waals surface area contributed by atoms with E-state index in [1.807, 2.05) is 6.92 Å². The van der Waals surface area contributed by atoms with E-state index in [1.54, 1.807) is 43.1 Å². The fourth-order valence-electron chi connectivity index (χ4n) is 1.77. The first-order valence-corrected chi connectivity index (χ1v) is 6.59. The smallest absolute Gasteiger partial charge is 0.241 e. The van der Waals surface area contributed by atoms with Gasteiger partial charge in [0.15, 0.2) is 0 Å². The van der Waals surface area contributed by atoms with Gasteiger partial charge in [-0.3, -0.25) is 14.5 Å². The lowest BCUT2D eigenvalue weighted by molar-refractivity contribution is -0.125. The van der Waals surface area contributed by atoms with Crippen molar-refractivity contribution in [2.24, 2.45) is 0 Å². The Labute approximate surface area is 119 Å². The molecule has 0 radical (unpaired) electrons. The first-order valence-electron chi connectivity index (χ1n) is 6.59. The van der Waals surface area contributed by atoms with E-state index in [2.05, 4.69) is 10.6 Å². The molecule has 2 amide bonds. The molecule has 1 aromatic rings. The molecule has 6 nitrogen and oxygen atoms in total. The second-order valence-electron chi connectivity index (χ2n) is 4.52. The number of amides is 2. The molecule has 1 aromatic carbocycles. The number of nitrogens with one attached hydrogen (secondary N) is 2. The third-order valence-electron chi connectivity index (χ3n) is 3.14. The van der Waals surface area contributed by atoms with Gasteiger partial charge in [0.1, 0.15) is 0 Å². The van der Waals surface area contributed by atoms with Crippen LogP contribution in [0.25, 0.3) is 0 Å². The van der Waals surface area contributed by atoms with Crippen LogP contribution in [-0.4, -0.2) is 42.9 Å². The number of hydrogen-bond donors (Lipinski definition) is 3. The average molecular weight is 278 g/mol. The predicted octanol–water partition coefficient (Wildman–Crippen LogP) is 0.664. The summed E-state index contributed by atoms with van der Waals surface area (Å²) in [5.74, 6) is -0.264. The highest BCUT2D eigenvalue weighted by molar-refractivity contribution is 5.95. The largest absolute Gasteiger partial charge is 0.399 e. The summed E-state index contributed by atoms with van der Waals surface area (Å²) in [6.07, 6.45) is 0. The van der Waals surface area contributed by atoms with Crippen LogP contribution in [0.5, 0.6) is 0 Å². The molecule has 0 heterocycles. The molecular weight excluding hydrogens is 256 g/mol. The lowest BCUT2D eigenvalue weighted by Crippen LogP contribution is -2.46. The fraction of sp³-hybridized carbons (Fsp3) is 0.429. The Morgan fingerprint density at radius 1 is 1.30 bits per heavy atom. The zero-order valence-corrected chi connectivity index (χ0v) is 12.1. The van der Waals surface area contributed by atoms with E-state index in [1.165, 1.54) is 0 Å². The first-order chi connectivity index (χ1) is 9.47. The Morgan fingerprint density at radius 3 is 2.40 bits per heavy atom. The molecule has 4 N–H and O–H groups in total. The number of carbonyl (C=O) groups is 2. The van der Waals surface area contributed by atoms with Crippen LogP contribution in [0.2, 0.25) is 0 Å². The lowest BCUT2D eigenvalue weighted by Gasteiger charge is -2.26. The second kappa shape index (κ2) is 7.49. The van der Waals surface area contributed by atoms with Gasteiger partial charge in [0.25, 0.3) is 0 Å². The number of hydrogen-bond acceptors (Lipinski definition) is 4. The summed E-state index contributed by atoms with van der Waals surface area (Å²) in [5, 5.41) is 5.36. The molecule has 0 aliphatic heterocycles. The van der Waals surface area contributed by atoms with Crippen molar-refractivity contribution in [1.82, 2.24) is 10.2 Å². The maximum atomic E-state index is 12.2. The van der Waals surface area contributed by atoms with Crippen molar-refractivity contribution >= 4 is 23.2 Å². The molecule has 110 valence electrons. The summed E-state index contributed by atoms with van der Waals surface area (Å²) in [6.45, 7) is 4.50. The molecule has 0 aromatic heterocycles. The number of nitrogens with two attached hydrogens (primary N) is 1. The Bertz CT molecular complexity index is 459. The SMILES string of the molecule is CCN(CC(=O)NC)C(C)C(=O)Nc1ccc(N)cc1. The number of carbonyl (C=O) groups excluding carboxylic acids is 2. The third kappa shape index (κ3) is 4.55. The molecular formula is C14H22N4O2. The Morgan fingerprint density at radius 2 is 1.90 bits per heavy atom. The van der Waals surface area contributed by atoms with Crippen LogP contribution in [0.4, 0.5) is 11.4 Å². The van der Waals surface area contributed by atoms with Crippen LogP contribution in [0, 0.1) is 0 Å². The van der Waals surface area contributed by atoms with Crippen molar-refractivity contribution in [2.75, 3.05) is 31.2 Å². The molecule has 1 rings (SSSR count). The fourth-order valence-corrected chi connectivity index (χ4v) is 1.77. The number of anilines is 2. The summed E-state index contributed by atoms with van der Waals surface area (Å²) in [6, 6.07) is 6.55. The molecule has 1 unspecified atom stereocenters. The monoisotopic (exact) mass is 278 g/mol. The normalized spacial score (nSPS) is 12.0. The van der Waals surface area contributed by atoms with Crippen LogP contribution in [0.15, 0.2) is 24.3 Å². The molecule has 6 heteroatoms. The van der Waals surface area contributed by atoms with E-state index >= 15 is 0 Å². The second-order valence-corrected chi connectivity index (χ2v) is 4.52. The molecule has 0 saturated heterocycles. The molecule has 0 bridgehead atoms. The minimum atomic E-state index is -0.394. The van der Waals surface area contributed by atoms with Gasteiger partial charge in [-0.2, -0.15) is 0 Å². The Hall–Kier alpha value is -2.08. The number of nitrogens with zero attached hydrogens (tertiary/aromatic N) is 1. The van der Waals surface area contributed by atoms with Crippen LogP contribution < -0.4 is 16.4 Å². The van der Waals surface area contributed by atoms with Crippen LogP contribution >= 0.6 is 0 Å². The van der Waals surface area contributed by atoms with Gasteiger partial charge >= 0.3 is 0 Å². The first kappa shape index (κ1) is 16.0. The summed E-state index contributed by atoms with van der Waals surface area (Å²) < 4.78 is 0. The van der Waals surface area contributed by atoms with Gasteiger partial charge in [0, 0.05) is 18.4 Å². The summed E-state index contributed by atoms with van der Waals surface area (Å²) in [5.41, 5.74) is 6.92. The van der Waals surface area contributed by atoms with E-state index in [0.717, 1.165) is 0 Å². The predicted molar refractivity (Wildman–Crippen MR) is 80.3 cm³/mol. The van der Waals surface area contributed by atoms with Crippen molar-refractivity contribution < 1.29 is 9.59 Å². The molecule has 0 spiro atoms. The molecule has 0 aliphatic rings. The standard InChI is InChI=1S/C14H22N4O2/c1-4-18(9-13(19)16-3)10(2)14(20)17-12-7-5-11(15)6-8-12/h5-8,10H,4,9,15H2,1-3H3,(H,16,19)(H,17,20). The van der Waals surface area contributed by atoms with Gasteiger partial charge in [0.05, 0.1) is 12.6 Å². The number of nitrogen functional groups attached to an aromatic ring is 1. The molecule has 20 heavy (non-hydrogen) atoms. The summed E-state index contributed by atoms with van der Waals surface area (Å²) >= 11 is 0. The minimum Gasteiger partial charge on any atom is -0.399 e. The average Bonchev–Trinajstić information content (AvgIpc) is 2.46. The number of likely N-dealkylation sites (N-methyl/N-ethyl adjacent to an activating group) is 2. The van der Waals surface area contributed by atoms with Crippen molar-refractivity contribution in [1.29, 1.82) is 0 Å². The van der Waals surface area contributed by atoms with E-state index in [9.17, 15) is 9.59 Å². The topological polar surface area (TPSA) is 87.5 Å². The zero-order chi connectivity index (χ0) is 15.1. The molecule has 1 atom stereocenters. The third-order valence-corrected chi connectivity index (χ3v) is 3.14. The van der Waals surface area contributed by atoms with Crippen molar-refractivity contribution in [3.63, 3.8) is 0 Å². The van der Waals surface area contributed by atoms with Crippen LogP contribution in [0.1, 0.15) is 13.8 Å². The van der Waals surface area contributed by atoms with E-state index < -0.39 is 6.04 Å². The van der Waals surface area contributed by atoms with Gasteiger partial charge in [-0.15, -0.1) is 0 Å². The highest BCUT2D eigenvalue weighted by Crippen LogP contribution is 2.11. The number of benzene rings is 1. The quantitative estimate of drug-likeness (QED) is 0.667. The zero-order valence-electron chi connectivity index (χ0n) is 12.1. The lowest BCUT2D eigenvalue weighted by atomic mass is 10.2. The highest BCUT2D eigenvalue weighted by atomic mass is 16.2. The summed E-state index contributed by atoms with van der Waals surface area (Å²) in [7, 11) is 1.58. The van der Waals surface area contributed by atoms with E-state index in [0.29, 0.717) is 17.9 Å². The Balaban J connectivity index is 2.64. The van der Waals surface area contributed by atoms with Crippen molar-refractivity contribution in [3.8, 4) is 0 Å². The molecule has 0 fully saturated rings. The molecule has 0 saturated carbocycles. The van der Waals surface area contributed by atoms with Gasteiger partial charge in [-0.05, 0) is 37.7 Å². The highest BCUT2D eigenvalue weighted by Gasteiger charge is 2.21. The van der Waals surface area contributed by atoms with Crippen LogP contribution in [0.3, 0.4) is 0 Å². The van der Waals surface area contributed by atoms with Gasteiger partial charge in [-0.1, -0.05) is 6.92 Å². The minimum absolute atomic E-state index is 0.112. The Kier molecular flexibility index (Phi) is 5.99.